The van der Waals surface area contributed by atoms with Gasteiger partial charge < -0.3 is 9.47 Å². The second-order valence-electron chi connectivity index (χ2n) is 4.80. The number of hydrogen-bond donors (Lipinski definition) is 0. The Bertz CT molecular complexity index is 810. The maximum atomic E-state index is 5.32. The number of pyridine rings is 1. The van der Waals surface area contributed by atoms with E-state index in [4.69, 9.17) is 9.47 Å². The van der Waals surface area contributed by atoms with Gasteiger partial charge in [0.05, 0.1) is 26.1 Å². The van der Waals surface area contributed by atoms with Crippen LogP contribution in [0.5, 0.6) is 11.5 Å². The number of rotatable bonds is 5. The van der Waals surface area contributed by atoms with Crippen LogP contribution in [0.2, 0.25) is 0 Å². The zero-order valence-electron chi connectivity index (χ0n) is 13.0. The van der Waals surface area contributed by atoms with Crippen LogP contribution in [-0.4, -0.2) is 29.0 Å². The fraction of sp³-hybridized carbons (Fsp3) is 0.111. The van der Waals surface area contributed by atoms with Gasteiger partial charge in [0, 0.05) is 6.20 Å². The van der Waals surface area contributed by atoms with Gasteiger partial charge in [0.15, 0.2) is 17.3 Å². The summed E-state index contributed by atoms with van der Waals surface area (Å²) in [7, 11) is 3.25. The van der Waals surface area contributed by atoms with Gasteiger partial charge >= 0.3 is 0 Å². The second kappa shape index (κ2) is 6.79. The molecule has 0 bridgehead atoms. The van der Waals surface area contributed by atoms with Crippen molar-refractivity contribution in [2.75, 3.05) is 14.2 Å². The monoisotopic (exact) mass is 307 g/mol. The number of methoxy groups -OCH3 is 2. The predicted octanol–water partition coefficient (Wildman–Crippen LogP) is 3.45. The van der Waals surface area contributed by atoms with E-state index in [2.05, 4.69) is 10.1 Å². The lowest BCUT2D eigenvalue weighted by Gasteiger charge is -2.07. The summed E-state index contributed by atoms with van der Waals surface area (Å²) in [6, 6.07) is 13.5. The van der Waals surface area contributed by atoms with Crippen molar-refractivity contribution < 1.29 is 9.47 Å². The Kier molecular flexibility index (Phi) is 4.38. The fourth-order valence-electron chi connectivity index (χ4n) is 2.25. The molecule has 0 aliphatic rings. The number of nitrogens with zero attached hydrogens (tertiary/aromatic N) is 3. The highest BCUT2D eigenvalue weighted by molar-refractivity contribution is 5.70. The van der Waals surface area contributed by atoms with E-state index in [0.29, 0.717) is 11.5 Å². The number of hydrogen-bond acceptors (Lipinski definition) is 4. The van der Waals surface area contributed by atoms with Gasteiger partial charge in [-0.25, -0.2) is 9.67 Å². The maximum Gasteiger partial charge on any atom is 0.161 e. The van der Waals surface area contributed by atoms with Gasteiger partial charge in [-0.3, -0.25) is 0 Å². The maximum absolute atomic E-state index is 5.32. The molecular formula is C18H17N3O2. The van der Waals surface area contributed by atoms with Gasteiger partial charge in [-0.2, -0.15) is 5.10 Å². The molecule has 0 atom stereocenters. The number of benzene rings is 1. The van der Waals surface area contributed by atoms with E-state index in [0.717, 1.165) is 17.1 Å². The molecule has 23 heavy (non-hydrogen) atoms. The van der Waals surface area contributed by atoms with Gasteiger partial charge in [0.1, 0.15) is 0 Å². The summed E-state index contributed by atoms with van der Waals surface area (Å²) in [5.74, 6) is 2.19. The Morgan fingerprint density at radius 2 is 1.78 bits per heavy atom. The number of ether oxygens (including phenoxy) is 2. The molecule has 0 spiro atoms. The van der Waals surface area contributed by atoms with E-state index < -0.39 is 0 Å². The lowest BCUT2D eigenvalue weighted by atomic mass is 10.1. The van der Waals surface area contributed by atoms with Crippen molar-refractivity contribution in [1.29, 1.82) is 0 Å². The Hall–Kier alpha value is -3.08. The summed E-state index contributed by atoms with van der Waals surface area (Å²) in [6.07, 6.45) is 7.49. The SMILES string of the molecule is COc1ccc(/C=C/c2ccnn2-c2ccccn2)cc1OC. The fourth-order valence-corrected chi connectivity index (χ4v) is 2.25. The second-order valence-corrected chi connectivity index (χ2v) is 4.80. The van der Waals surface area contributed by atoms with Crippen molar-refractivity contribution in [3.05, 3.63) is 66.1 Å². The van der Waals surface area contributed by atoms with Crippen LogP contribution in [0.3, 0.4) is 0 Å². The molecule has 1 aromatic carbocycles. The molecule has 3 rings (SSSR count). The molecule has 0 unspecified atom stereocenters. The normalized spacial score (nSPS) is 10.9. The minimum atomic E-state index is 0.702. The zero-order valence-corrected chi connectivity index (χ0v) is 13.0. The molecule has 0 radical (unpaired) electrons. The van der Waals surface area contributed by atoms with Crippen molar-refractivity contribution in [3.8, 4) is 17.3 Å². The Labute approximate surface area is 134 Å². The van der Waals surface area contributed by atoms with E-state index in [1.54, 1.807) is 31.3 Å². The summed E-state index contributed by atoms with van der Waals surface area (Å²) in [5, 5.41) is 4.32. The third-order valence-electron chi connectivity index (χ3n) is 3.39. The molecule has 0 N–H and O–H groups in total. The van der Waals surface area contributed by atoms with Gasteiger partial charge in [-0.15, -0.1) is 0 Å². The first-order chi connectivity index (χ1) is 11.3. The van der Waals surface area contributed by atoms with E-state index in [1.165, 1.54) is 0 Å². The molecule has 116 valence electrons. The lowest BCUT2D eigenvalue weighted by Crippen LogP contribution is -2.00. The largest absolute Gasteiger partial charge is 0.493 e. The van der Waals surface area contributed by atoms with Gasteiger partial charge in [-0.05, 0) is 42.0 Å². The van der Waals surface area contributed by atoms with E-state index in [1.807, 2.05) is 54.6 Å². The summed E-state index contributed by atoms with van der Waals surface area (Å²) >= 11 is 0. The Balaban J connectivity index is 1.88. The summed E-state index contributed by atoms with van der Waals surface area (Å²) in [6.45, 7) is 0. The van der Waals surface area contributed by atoms with E-state index in [-0.39, 0.29) is 0 Å². The zero-order chi connectivity index (χ0) is 16.1. The molecule has 0 aliphatic carbocycles. The van der Waals surface area contributed by atoms with Crippen molar-refractivity contribution in [2.24, 2.45) is 0 Å². The van der Waals surface area contributed by atoms with Gasteiger partial charge in [-0.1, -0.05) is 18.2 Å². The average molecular weight is 307 g/mol. The molecule has 2 aromatic heterocycles. The quantitative estimate of drug-likeness (QED) is 0.724. The predicted molar refractivity (Wildman–Crippen MR) is 89.8 cm³/mol. The molecule has 0 aliphatic heterocycles. The standard InChI is InChI=1S/C18H17N3O2/c1-22-16-9-7-14(13-17(16)23-2)6-8-15-10-12-20-21(15)18-5-3-4-11-19-18/h3-13H,1-2H3/b8-6+. The van der Waals surface area contributed by atoms with Crippen molar-refractivity contribution in [2.45, 2.75) is 0 Å². The van der Waals surface area contributed by atoms with Crippen LogP contribution in [0.4, 0.5) is 0 Å². The van der Waals surface area contributed by atoms with Crippen molar-refractivity contribution in [3.63, 3.8) is 0 Å². The molecule has 0 saturated carbocycles. The molecule has 2 heterocycles. The van der Waals surface area contributed by atoms with Gasteiger partial charge in [0.25, 0.3) is 0 Å². The van der Waals surface area contributed by atoms with Crippen LogP contribution in [0.1, 0.15) is 11.3 Å². The first kappa shape index (κ1) is 14.8. The van der Waals surface area contributed by atoms with Crippen molar-refractivity contribution >= 4 is 12.2 Å². The van der Waals surface area contributed by atoms with Gasteiger partial charge in [0.2, 0.25) is 0 Å². The topological polar surface area (TPSA) is 49.2 Å². The van der Waals surface area contributed by atoms with Crippen LogP contribution in [-0.2, 0) is 0 Å². The Morgan fingerprint density at radius 1 is 0.913 bits per heavy atom. The van der Waals surface area contributed by atoms with Crippen LogP contribution in [0, 0.1) is 0 Å². The summed E-state index contributed by atoms with van der Waals surface area (Å²) in [4.78, 5) is 4.32. The summed E-state index contributed by atoms with van der Waals surface area (Å²) < 4.78 is 12.4. The van der Waals surface area contributed by atoms with Crippen molar-refractivity contribution in [1.82, 2.24) is 14.8 Å². The highest BCUT2D eigenvalue weighted by atomic mass is 16.5. The molecule has 0 fully saturated rings. The highest BCUT2D eigenvalue weighted by Gasteiger charge is 2.04. The Morgan fingerprint density at radius 3 is 2.52 bits per heavy atom. The molecule has 0 amide bonds. The molecule has 5 nitrogen and oxygen atoms in total. The molecular weight excluding hydrogens is 290 g/mol. The van der Waals surface area contributed by atoms with Crippen LogP contribution < -0.4 is 9.47 Å². The van der Waals surface area contributed by atoms with E-state index in [9.17, 15) is 0 Å². The molecule has 3 aromatic rings. The van der Waals surface area contributed by atoms with Crippen LogP contribution in [0.25, 0.3) is 18.0 Å². The third-order valence-corrected chi connectivity index (χ3v) is 3.39. The summed E-state index contributed by atoms with van der Waals surface area (Å²) in [5.41, 5.74) is 1.95. The highest BCUT2D eigenvalue weighted by Crippen LogP contribution is 2.28. The third kappa shape index (κ3) is 3.23. The molecule has 5 heteroatoms. The lowest BCUT2D eigenvalue weighted by molar-refractivity contribution is 0.355. The van der Waals surface area contributed by atoms with Crippen LogP contribution in [0.15, 0.2) is 54.9 Å². The first-order valence-electron chi connectivity index (χ1n) is 7.17. The average Bonchev–Trinajstić information content (AvgIpc) is 3.09. The number of aromatic nitrogens is 3. The first-order valence-corrected chi connectivity index (χ1v) is 7.17. The van der Waals surface area contributed by atoms with Crippen LogP contribution >= 0.6 is 0 Å². The minimum Gasteiger partial charge on any atom is -0.493 e. The van der Waals surface area contributed by atoms with E-state index >= 15 is 0 Å². The smallest absolute Gasteiger partial charge is 0.161 e. The molecule has 0 saturated heterocycles. The minimum absolute atomic E-state index is 0.702.